The summed E-state index contributed by atoms with van der Waals surface area (Å²) in [6, 6.07) is 4.40. The van der Waals surface area contributed by atoms with Gasteiger partial charge >= 0.3 is 11.9 Å². The lowest BCUT2D eigenvalue weighted by atomic mass is 10.0. The highest BCUT2D eigenvalue weighted by Crippen LogP contribution is 2.19. The smallest absolute Gasteiger partial charge is 0.335 e. The van der Waals surface area contributed by atoms with Crippen molar-refractivity contribution in [2.75, 3.05) is 7.11 Å². The number of carbonyl (C=O) groups excluding carboxylic acids is 1. The highest BCUT2D eigenvalue weighted by molar-refractivity contribution is 9.10. The van der Waals surface area contributed by atoms with Crippen LogP contribution in [-0.2, 0) is 16.1 Å². The van der Waals surface area contributed by atoms with Crippen LogP contribution in [0.5, 0.6) is 0 Å². The molecule has 1 aromatic carbocycles. The minimum absolute atomic E-state index is 0.0968. The SMILES string of the molecule is COC(=O)C(NCc1ccc(C(=O)O)cc1Br)C(C)C. The number of carbonyl (C=O) groups is 2. The second-order valence-corrected chi connectivity index (χ2v) is 5.59. The molecule has 0 aromatic heterocycles. The van der Waals surface area contributed by atoms with Crippen molar-refractivity contribution in [3.63, 3.8) is 0 Å². The molecule has 0 radical (unpaired) electrons. The first-order valence-electron chi connectivity index (χ1n) is 6.19. The fraction of sp³-hybridized carbons (Fsp3) is 0.429. The molecule has 20 heavy (non-hydrogen) atoms. The number of aromatic carboxylic acids is 1. The van der Waals surface area contributed by atoms with Crippen LogP contribution < -0.4 is 5.32 Å². The molecule has 0 aliphatic carbocycles. The van der Waals surface area contributed by atoms with Crippen molar-refractivity contribution in [1.29, 1.82) is 0 Å². The summed E-state index contributed by atoms with van der Waals surface area (Å²) in [6.45, 7) is 4.30. The van der Waals surface area contributed by atoms with Gasteiger partial charge in [-0.05, 0) is 23.6 Å². The molecular weight excluding hydrogens is 326 g/mol. The Morgan fingerprint density at radius 3 is 2.50 bits per heavy atom. The fourth-order valence-electron chi connectivity index (χ4n) is 1.76. The summed E-state index contributed by atoms with van der Waals surface area (Å²) in [6.07, 6.45) is 0. The molecule has 2 N–H and O–H groups in total. The van der Waals surface area contributed by atoms with E-state index in [4.69, 9.17) is 9.84 Å². The lowest BCUT2D eigenvalue weighted by Crippen LogP contribution is -2.41. The Labute approximate surface area is 126 Å². The number of hydrogen-bond acceptors (Lipinski definition) is 4. The van der Waals surface area contributed by atoms with Gasteiger partial charge in [0.05, 0.1) is 12.7 Å². The van der Waals surface area contributed by atoms with Crippen LogP contribution in [0, 0.1) is 5.92 Å². The van der Waals surface area contributed by atoms with Gasteiger partial charge in [-0.3, -0.25) is 4.79 Å². The van der Waals surface area contributed by atoms with Gasteiger partial charge in [0.1, 0.15) is 6.04 Å². The lowest BCUT2D eigenvalue weighted by molar-refractivity contribution is -0.144. The number of halogens is 1. The van der Waals surface area contributed by atoms with E-state index in [-0.39, 0.29) is 17.5 Å². The molecule has 0 bridgehead atoms. The molecular formula is C14H18BrNO4. The van der Waals surface area contributed by atoms with Crippen molar-refractivity contribution in [3.05, 3.63) is 33.8 Å². The van der Waals surface area contributed by atoms with Gasteiger partial charge < -0.3 is 15.2 Å². The molecule has 0 saturated carbocycles. The van der Waals surface area contributed by atoms with Gasteiger partial charge in [0, 0.05) is 11.0 Å². The van der Waals surface area contributed by atoms with E-state index in [0.717, 1.165) is 5.56 Å². The standard InChI is InChI=1S/C14H18BrNO4/c1-8(2)12(14(19)20-3)16-7-10-5-4-9(13(17)18)6-11(10)15/h4-6,8,12,16H,7H2,1-3H3,(H,17,18). The molecule has 0 amide bonds. The first-order valence-corrected chi connectivity index (χ1v) is 6.99. The van der Waals surface area contributed by atoms with E-state index in [1.165, 1.54) is 13.2 Å². The molecule has 0 spiro atoms. The van der Waals surface area contributed by atoms with Crippen LogP contribution in [0.1, 0.15) is 29.8 Å². The molecule has 1 aromatic rings. The Morgan fingerprint density at radius 1 is 1.40 bits per heavy atom. The zero-order valence-corrected chi connectivity index (χ0v) is 13.2. The number of carboxylic acids is 1. The zero-order chi connectivity index (χ0) is 15.3. The van der Waals surface area contributed by atoms with Crippen LogP contribution in [0.15, 0.2) is 22.7 Å². The van der Waals surface area contributed by atoms with Crippen LogP contribution in [0.2, 0.25) is 0 Å². The van der Waals surface area contributed by atoms with E-state index >= 15 is 0 Å². The zero-order valence-electron chi connectivity index (χ0n) is 11.6. The molecule has 6 heteroatoms. The Hall–Kier alpha value is -1.40. The Kier molecular flexibility index (Phi) is 6.16. The number of hydrogen-bond donors (Lipinski definition) is 2. The van der Waals surface area contributed by atoms with Gasteiger partial charge in [-0.1, -0.05) is 35.8 Å². The molecule has 0 fully saturated rings. The monoisotopic (exact) mass is 343 g/mol. The van der Waals surface area contributed by atoms with Gasteiger partial charge in [-0.25, -0.2) is 4.79 Å². The highest BCUT2D eigenvalue weighted by atomic mass is 79.9. The molecule has 1 rings (SSSR count). The minimum Gasteiger partial charge on any atom is -0.478 e. The fourth-order valence-corrected chi connectivity index (χ4v) is 2.28. The summed E-state index contributed by atoms with van der Waals surface area (Å²) in [5.74, 6) is -1.18. The van der Waals surface area contributed by atoms with Crippen molar-refractivity contribution in [2.24, 2.45) is 5.92 Å². The van der Waals surface area contributed by atoms with Crippen molar-refractivity contribution in [2.45, 2.75) is 26.4 Å². The number of benzene rings is 1. The third-order valence-corrected chi connectivity index (χ3v) is 3.67. The van der Waals surface area contributed by atoms with Crippen molar-refractivity contribution in [3.8, 4) is 0 Å². The largest absolute Gasteiger partial charge is 0.478 e. The van der Waals surface area contributed by atoms with E-state index in [1.54, 1.807) is 12.1 Å². The summed E-state index contributed by atoms with van der Waals surface area (Å²) >= 11 is 3.34. The summed E-state index contributed by atoms with van der Waals surface area (Å²) in [7, 11) is 1.36. The molecule has 1 unspecified atom stereocenters. The van der Waals surface area contributed by atoms with Crippen LogP contribution in [0.4, 0.5) is 0 Å². The maximum absolute atomic E-state index is 11.6. The van der Waals surface area contributed by atoms with Crippen molar-refractivity contribution >= 4 is 27.9 Å². The quantitative estimate of drug-likeness (QED) is 0.776. The van der Waals surface area contributed by atoms with E-state index < -0.39 is 12.0 Å². The van der Waals surface area contributed by atoms with Gasteiger partial charge in [-0.2, -0.15) is 0 Å². The first-order chi connectivity index (χ1) is 9.36. The van der Waals surface area contributed by atoms with E-state index in [1.807, 2.05) is 13.8 Å². The third-order valence-electron chi connectivity index (χ3n) is 2.93. The van der Waals surface area contributed by atoms with Gasteiger partial charge in [0.25, 0.3) is 0 Å². The lowest BCUT2D eigenvalue weighted by Gasteiger charge is -2.20. The van der Waals surface area contributed by atoms with Gasteiger partial charge in [-0.15, -0.1) is 0 Å². The predicted octanol–water partition coefficient (Wildman–Crippen LogP) is 2.43. The molecule has 5 nitrogen and oxygen atoms in total. The molecule has 110 valence electrons. The second-order valence-electron chi connectivity index (χ2n) is 4.74. The molecule has 0 heterocycles. The number of carboxylic acid groups (broad SMARTS) is 1. The molecule has 0 aliphatic heterocycles. The molecule has 0 saturated heterocycles. The van der Waals surface area contributed by atoms with Crippen molar-refractivity contribution < 1.29 is 19.4 Å². The van der Waals surface area contributed by atoms with E-state index in [9.17, 15) is 9.59 Å². The number of nitrogens with one attached hydrogen (secondary N) is 1. The van der Waals surface area contributed by atoms with Crippen LogP contribution >= 0.6 is 15.9 Å². The van der Waals surface area contributed by atoms with Crippen molar-refractivity contribution in [1.82, 2.24) is 5.32 Å². The maximum atomic E-state index is 11.6. The molecule has 0 aliphatic rings. The number of rotatable bonds is 6. The van der Waals surface area contributed by atoms with E-state index in [0.29, 0.717) is 11.0 Å². The van der Waals surface area contributed by atoms with Crippen LogP contribution in [-0.4, -0.2) is 30.2 Å². The van der Waals surface area contributed by atoms with Gasteiger partial charge in [0.2, 0.25) is 0 Å². The number of ether oxygens (including phenoxy) is 1. The Bertz CT molecular complexity index is 502. The number of esters is 1. The van der Waals surface area contributed by atoms with Crippen LogP contribution in [0.3, 0.4) is 0 Å². The normalized spacial score (nSPS) is 12.2. The summed E-state index contributed by atoms with van der Waals surface area (Å²) in [5, 5.41) is 12.0. The Balaban J connectivity index is 2.78. The topological polar surface area (TPSA) is 75.6 Å². The van der Waals surface area contributed by atoms with Crippen LogP contribution in [0.25, 0.3) is 0 Å². The predicted molar refractivity (Wildman–Crippen MR) is 78.6 cm³/mol. The Morgan fingerprint density at radius 2 is 2.05 bits per heavy atom. The average Bonchev–Trinajstić information content (AvgIpc) is 2.39. The first kappa shape index (κ1) is 16.7. The minimum atomic E-state index is -0.972. The average molecular weight is 344 g/mol. The highest BCUT2D eigenvalue weighted by Gasteiger charge is 2.22. The molecule has 1 atom stereocenters. The van der Waals surface area contributed by atoms with Gasteiger partial charge in [0.15, 0.2) is 0 Å². The summed E-state index contributed by atoms with van der Waals surface area (Å²) < 4.78 is 5.44. The maximum Gasteiger partial charge on any atom is 0.335 e. The summed E-state index contributed by atoms with van der Waals surface area (Å²) in [5.41, 5.74) is 1.10. The third kappa shape index (κ3) is 4.31. The number of methoxy groups -OCH3 is 1. The van der Waals surface area contributed by atoms with E-state index in [2.05, 4.69) is 21.2 Å². The summed E-state index contributed by atoms with van der Waals surface area (Å²) in [4.78, 5) is 22.5. The second kappa shape index (κ2) is 7.40.